The number of carbonyl (C=O) groups is 2. The molecule has 0 radical (unpaired) electrons. The predicted octanol–water partition coefficient (Wildman–Crippen LogP) is 4.54. The van der Waals surface area contributed by atoms with E-state index in [-0.39, 0.29) is 18.5 Å². The molecule has 0 spiro atoms. The molecule has 0 aliphatic heterocycles. The smallest absolute Gasteiger partial charge is 0.244 e. The third-order valence-corrected chi connectivity index (χ3v) is 8.08. The molecule has 1 unspecified atom stereocenters. The fraction of sp³-hybridized carbons (Fsp3) is 0.440. The van der Waals surface area contributed by atoms with Crippen molar-refractivity contribution in [2.45, 2.75) is 58.2 Å². The Kier molecular flexibility index (Phi) is 9.07. The van der Waals surface area contributed by atoms with E-state index in [4.69, 9.17) is 23.2 Å². The molecule has 10 heteroatoms. The van der Waals surface area contributed by atoms with Crippen molar-refractivity contribution in [2.75, 3.05) is 17.1 Å². The van der Waals surface area contributed by atoms with Gasteiger partial charge >= 0.3 is 0 Å². The number of amides is 2. The van der Waals surface area contributed by atoms with E-state index < -0.39 is 28.5 Å². The maximum atomic E-state index is 13.6. The van der Waals surface area contributed by atoms with Crippen LogP contribution in [0.3, 0.4) is 0 Å². The molecular formula is C25H31Cl2N3O4S. The Morgan fingerprint density at radius 2 is 1.69 bits per heavy atom. The Balaban J connectivity index is 1.92. The molecule has 0 heterocycles. The van der Waals surface area contributed by atoms with Crippen molar-refractivity contribution in [1.29, 1.82) is 0 Å². The van der Waals surface area contributed by atoms with Gasteiger partial charge in [-0.15, -0.1) is 0 Å². The van der Waals surface area contributed by atoms with E-state index in [2.05, 4.69) is 5.32 Å². The minimum absolute atomic E-state index is 0.0397. The van der Waals surface area contributed by atoms with E-state index in [0.717, 1.165) is 41.8 Å². The van der Waals surface area contributed by atoms with E-state index >= 15 is 0 Å². The summed E-state index contributed by atoms with van der Waals surface area (Å²) in [5, 5.41) is 3.74. The van der Waals surface area contributed by atoms with E-state index in [0.29, 0.717) is 21.3 Å². The van der Waals surface area contributed by atoms with Gasteiger partial charge in [-0.05, 0) is 56.5 Å². The lowest BCUT2D eigenvalue weighted by molar-refractivity contribution is -0.139. The molecule has 2 aromatic rings. The summed E-state index contributed by atoms with van der Waals surface area (Å²) < 4.78 is 26.3. The van der Waals surface area contributed by atoms with Crippen molar-refractivity contribution in [2.24, 2.45) is 0 Å². The molecule has 1 aliphatic carbocycles. The average molecular weight is 541 g/mol. The standard InChI is InChI=1S/C25H31Cl2N3O4S/c1-17-8-6-11-20(14-17)30(35(3,33)34)16-24(31)29(15-21-22(26)12-7-13-23(21)27)18(2)25(32)28-19-9-4-5-10-19/h6-8,11-14,18-19H,4-5,9-10,15-16H2,1-3H3,(H,28,32). The van der Waals surface area contributed by atoms with Crippen molar-refractivity contribution in [1.82, 2.24) is 10.2 Å². The van der Waals surface area contributed by atoms with Crippen LogP contribution < -0.4 is 9.62 Å². The lowest BCUT2D eigenvalue weighted by Gasteiger charge is -2.32. The number of aryl methyl sites for hydroxylation is 1. The summed E-state index contributed by atoms with van der Waals surface area (Å²) in [6, 6.07) is 11.1. The van der Waals surface area contributed by atoms with Gasteiger partial charge in [0.05, 0.1) is 11.9 Å². The predicted molar refractivity (Wildman–Crippen MR) is 140 cm³/mol. The maximum Gasteiger partial charge on any atom is 0.244 e. The molecule has 1 fully saturated rings. The molecule has 1 aliphatic rings. The molecule has 2 amide bonds. The van der Waals surface area contributed by atoms with Crippen LogP contribution in [0, 0.1) is 6.92 Å². The van der Waals surface area contributed by atoms with Crippen molar-refractivity contribution < 1.29 is 18.0 Å². The number of halogens is 2. The molecule has 0 aromatic heterocycles. The highest BCUT2D eigenvalue weighted by Gasteiger charge is 2.32. The Hall–Kier alpha value is -2.29. The zero-order valence-electron chi connectivity index (χ0n) is 20.1. The Labute approximate surface area is 217 Å². The first kappa shape index (κ1) is 27.3. The van der Waals surface area contributed by atoms with Gasteiger partial charge < -0.3 is 10.2 Å². The second-order valence-corrected chi connectivity index (χ2v) is 11.7. The van der Waals surface area contributed by atoms with E-state index in [1.165, 1.54) is 4.90 Å². The number of nitrogens with one attached hydrogen (secondary N) is 1. The minimum Gasteiger partial charge on any atom is -0.352 e. The van der Waals surface area contributed by atoms with Crippen LogP contribution in [0.2, 0.25) is 10.0 Å². The largest absolute Gasteiger partial charge is 0.352 e. The summed E-state index contributed by atoms with van der Waals surface area (Å²) in [6.07, 6.45) is 4.96. The topological polar surface area (TPSA) is 86.8 Å². The molecule has 2 aromatic carbocycles. The minimum atomic E-state index is -3.78. The summed E-state index contributed by atoms with van der Waals surface area (Å²) in [7, 11) is -3.78. The van der Waals surface area contributed by atoms with Gasteiger partial charge in [-0.3, -0.25) is 13.9 Å². The van der Waals surface area contributed by atoms with Crippen LogP contribution in [0.1, 0.15) is 43.7 Å². The Morgan fingerprint density at radius 3 is 2.26 bits per heavy atom. The lowest BCUT2D eigenvalue weighted by atomic mass is 10.1. The fourth-order valence-corrected chi connectivity index (χ4v) is 5.58. The molecule has 3 rings (SSSR count). The van der Waals surface area contributed by atoms with Crippen molar-refractivity contribution >= 4 is 50.7 Å². The van der Waals surface area contributed by atoms with Gasteiger partial charge in [-0.1, -0.05) is 54.2 Å². The van der Waals surface area contributed by atoms with Crippen LogP contribution in [0.5, 0.6) is 0 Å². The number of benzene rings is 2. The van der Waals surface area contributed by atoms with Gasteiger partial charge in [0.2, 0.25) is 21.8 Å². The average Bonchev–Trinajstić information content (AvgIpc) is 3.29. The van der Waals surface area contributed by atoms with Gasteiger partial charge in [-0.25, -0.2) is 8.42 Å². The molecule has 190 valence electrons. The first-order chi connectivity index (χ1) is 16.5. The number of anilines is 1. The van der Waals surface area contributed by atoms with Gasteiger partial charge in [-0.2, -0.15) is 0 Å². The fourth-order valence-electron chi connectivity index (χ4n) is 4.23. The van der Waals surface area contributed by atoms with E-state index in [1.54, 1.807) is 43.3 Å². The summed E-state index contributed by atoms with van der Waals surface area (Å²) in [6.45, 7) is 2.96. The zero-order chi connectivity index (χ0) is 25.8. The van der Waals surface area contributed by atoms with Crippen molar-refractivity contribution in [3.05, 3.63) is 63.6 Å². The number of carbonyl (C=O) groups excluding carboxylic acids is 2. The molecule has 1 atom stereocenters. The highest BCUT2D eigenvalue weighted by molar-refractivity contribution is 7.92. The summed E-state index contributed by atoms with van der Waals surface area (Å²) in [5.74, 6) is -0.836. The molecule has 7 nitrogen and oxygen atoms in total. The van der Waals surface area contributed by atoms with Gasteiger partial charge in [0.25, 0.3) is 0 Å². The zero-order valence-corrected chi connectivity index (χ0v) is 22.5. The second-order valence-electron chi connectivity index (χ2n) is 9.00. The van der Waals surface area contributed by atoms with Crippen LogP contribution in [-0.2, 0) is 26.2 Å². The lowest BCUT2D eigenvalue weighted by Crippen LogP contribution is -2.52. The number of nitrogens with zero attached hydrogens (tertiary/aromatic N) is 2. The molecule has 1 N–H and O–H groups in total. The van der Waals surface area contributed by atoms with E-state index in [1.807, 2.05) is 13.0 Å². The van der Waals surface area contributed by atoms with Crippen LogP contribution in [0.15, 0.2) is 42.5 Å². The maximum absolute atomic E-state index is 13.6. The van der Waals surface area contributed by atoms with Gasteiger partial charge in [0.15, 0.2) is 0 Å². The molecule has 0 saturated heterocycles. The van der Waals surface area contributed by atoms with Gasteiger partial charge in [0, 0.05) is 28.2 Å². The summed E-state index contributed by atoms with van der Waals surface area (Å²) in [5.41, 5.74) is 1.72. The van der Waals surface area contributed by atoms with Crippen LogP contribution in [-0.4, -0.2) is 50.0 Å². The van der Waals surface area contributed by atoms with Gasteiger partial charge in [0.1, 0.15) is 12.6 Å². The third kappa shape index (κ3) is 7.12. The number of sulfonamides is 1. The molecular weight excluding hydrogens is 509 g/mol. The second kappa shape index (κ2) is 11.6. The highest BCUT2D eigenvalue weighted by Crippen LogP contribution is 2.27. The molecule has 1 saturated carbocycles. The Bertz CT molecular complexity index is 1160. The molecule has 0 bridgehead atoms. The monoisotopic (exact) mass is 539 g/mol. The van der Waals surface area contributed by atoms with Crippen molar-refractivity contribution in [3.8, 4) is 0 Å². The quantitative estimate of drug-likeness (QED) is 0.506. The third-order valence-electron chi connectivity index (χ3n) is 6.23. The number of hydrogen-bond donors (Lipinski definition) is 1. The van der Waals surface area contributed by atoms with E-state index in [9.17, 15) is 18.0 Å². The number of rotatable bonds is 9. The highest BCUT2D eigenvalue weighted by atomic mass is 35.5. The van der Waals surface area contributed by atoms with Crippen LogP contribution in [0.25, 0.3) is 0 Å². The van der Waals surface area contributed by atoms with Crippen LogP contribution >= 0.6 is 23.2 Å². The molecule has 35 heavy (non-hydrogen) atoms. The normalized spacial score (nSPS) is 15.0. The van der Waals surface area contributed by atoms with Crippen molar-refractivity contribution in [3.63, 3.8) is 0 Å². The first-order valence-corrected chi connectivity index (χ1v) is 14.1. The first-order valence-electron chi connectivity index (χ1n) is 11.5. The Morgan fingerprint density at radius 1 is 1.09 bits per heavy atom. The number of hydrogen-bond acceptors (Lipinski definition) is 4. The van der Waals surface area contributed by atoms with Crippen LogP contribution in [0.4, 0.5) is 5.69 Å². The SMILES string of the molecule is Cc1cccc(N(CC(=O)N(Cc2c(Cl)cccc2Cl)C(C)C(=O)NC2CCCC2)S(C)(=O)=O)c1. The summed E-state index contributed by atoms with van der Waals surface area (Å²) in [4.78, 5) is 28.1. The summed E-state index contributed by atoms with van der Waals surface area (Å²) >= 11 is 12.7.